The zero-order valence-corrected chi connectivity index (χ0v) is 11.8. The number of nitrogens with zero attached hydrogens (tertiary/aromatic N) is 2. The van der Waals surface area contributed by atoms with Crippen molar-refractivity contribution in [3.05, 3.63) is 30.2 Å². The average molecular weight is 261 g/mol. The lowest BCUT2D eigenvalue weighted by molar-refractivity contribution is 0.498. The molecule has 0 fully saturated rings. The first kappa shape index (κ1) is 13.6. The summed E-state index contributed by atoms with van der Waals surface area (Å²) >= 11 is 0. The van der Waals surface area contributed by atoms with Crippen LogP contribution in [0, 0.1) is 11.7 Å². The van der Waals surface area contributed by atoms with Crippen molar-refractivity contribution in [2.45, 2.75) is 26.8 Å². The van der Waals surface area contributed by atoms with Crippen LogP contribution in [0.4, 0.5) is 15.8 Å². The minimum atomic E-state index is -0.321. The van der Waals surface area contributed by atoms with E-state index in [1.54, 1.807) is 6.20 Å². The lowest BCUT2D eigenvalue weighted by atomic mass is 10.0. The van der Waals surface area contributed by atoms with Gasteiger partial charge in [-0.15, -0.1) is 0 Å². The number of pyridine rings is 1. The first-order valence-electron chi connectivity index (χ1n) is 6.49. The number of halogens is 1. The number of anilines is 2. The molecule has 4 heteroatoms. The predicted molar refractivity (Wildman–Crippen MR) is 78.8 cm³/mol. The van der Waals surface area contributed by atoms with Gasteiger partial charge in [0.25, 0.3) is 0 Å². The Kier molecular flexibility index (Phi) is 3.60. The van der Waals surface area contributed by atoms with E-state index >= 15 is 0 Å². The Morgan fingerprint density at radius 2 is 2.00 bits per heavy atom. The molecule has 1 aromatic carbocycles. The topological polar surface area (TPSA) is 42.1 Å². The summed E-state index contributed by atoms with van der Waals surface area (Å²) in [6.45, 7) is 6.31. The molecule has 1 aromatic heterocycles. The monoisotopic (exact) mass is 261 g/mol. The molecule has 0 aliphatic heterocycles. The molecule has 0 amide bonds. The van der Waals surface area contributed by atoms with Crippen LogP contribution in [0.1, 0.15) is 20.8 Å². The molecule has 102 valence electrons. The summed E-state index contributed by atoms with van der Waals surface area (Å²) < 4.78 is 14.3. The van der Waals surface area contributed by atoms with Crippen LogP contribution in [0.15, 0.2) is 24.4 Å². The van der Waals surface area contributed by atoms with Crippen LogP contribution in [0.25, 0.3) is 10.9 Å². The molecule has 0 saturated heterocycles. The maximum Gasteiger partial charge on any atom is 0.150 e. The Morgan fingerprint density at radius 1 is 1.32 bits per heavy atom. The van der Waals surface area contributed by atoms with Crippen LogP contribution in [0.5, 0.6) is 0 Å². The van der Waals surface area contributed by atoms with Crippen molar-refractivity contribution in [1.82, 2.24) is 4.98 Å². The van der Waals surface area contributed by atoms with Crippen molar-refractivity contribution in [2.24, 2.45) is 5.92 Å². The van der Waals surface area contributed by atoms with E-state index < -0.39 is 0 Å². The van der Waals surface area contributed by atoms with E-state index in [0.29, 0.717) is 22.8 Å². The smallest absolute Gasteiger partial charge is 0.150 e. The van der Waals surface area contributed by atoms with Crippen LogP contribution in [0.3, 0.4) is 0 Å². The lowest BCUT2D eigenvalue weighted by Gasteiger charge is -2.31. The highest BCUT2D eigenvalue weighted by Gasteiger charge is 2.21. The molecule has 2 N–H and O–H groups in total. The third-order valence-electron chi connectivity index (χ3n) is 3.78. The van der Waals surface area contributed by atoms with E-state index in [2.05, 4.69) is 25.8 Å². The molecule has 2 aromatic rings. The van der Waals surface area contributed by atoms with Crippen LogP contribution >= 0.6 is 0 Å². The second kappa shape index (κ2) is 5.03. The largest absolute Gasteiger partial charge is 0.398 e. The van der Waals surface area contributed by atoms with Crippen LogP contribution in [-0.4, -0.2) is 18.1 Å². The van der Waals surface area contributed by atoms with Gasteiger partial charge in [0.1, 0.15) is 0 Å². The van der Waals surface area contributed by atoms with Crippen LogP contribution in [-0.2, 0) is 0 Å². The molecule has 2 rings (SSSR count). The quantitative estimate of drug-likeness (QED) is 0.861. The summed E-state index contributed by atoms with van der Waals surface area (Å²) in [7, 11) is 1.90. The molecule has 0 radical (unpaired) electrons. The molecule has 3 nitrogen and oxygen atoms in total. The van der Waals surface area contributed by atoms with E-state index in [1.165, 1.54) is 6.07 Å². The van der Waals surface area contributed by atoms with Gasteiger partial charge >= 0.3 is 0 Å². The number of hydrogen-bond acceptors (Lipinski definition) is 3. The summed E-state index contributed by atoms with van der Waals surface area (Å²) in [5, 5.41) is 0.793. The van der Waals surface area contributed by atoms with Gasteiger partial charge in [-0.05, 0) is 31.0 Å². The first-order valence-corrected chi connectivity index (χ1v) is 6.49. The lowest BCUT2D eigenvalue weighted by Crippen LogP contribution is -2.34. The first-order chi connectivity index (χ1) is 8.93. The van der Waals surface area contributed by atoms with Crippen LogP contribution < -0.4 is 10.6 Å². The highest BCUT2D eigenvalue weighted by atomic mass is 19.1. The second-order valence-electron chi connectivity index (χ2n) is 5.29. The molecule has 1 heterocycles. The third-order valence-corrected chi connectivity index (χ3v) is 3.78. The standard InChI is InChI=1S/C15H20FN3/c1-9(2)10(3)19(4)15-12(16)8-13(17)11-6-5-7-18-14(11)15/h5-10H,17H2,1-4H3. The predicted octanol–water partition coefficient (Wildman–Crippen LogP) is 3.44. The van der Waals surface area contributed by atoms with Gasteiger partial charge in [-0.2, -0.15) is 0 Å². The number of rotatable bonds is 3. The number of benzene rings is 1. The summed E-state index contributed by atoms with van der Waals surface area (Å²) in [5.74, 6) is 0.0967. The van der Waals surface area contributed by atoms with Crippen molar-refractivity contribution >= 4 is 22.3 Å². The van der Waals surface area contributed by atoms with Crippen molar-refractivity contribution in [2.75, 3.05) is 17.7 Å². The molecule has 1 unspecified atom stereocenters. The van der Waals surface area contributed by atoms with Crippen LogP contribution in [0.2, 0.25) is 0 Å². The number of aromatic nitrogens is 1. The summed E-state index contributed by atoms with van der Waals surface area (Å²) in [6.07, 6.45) is 1.67. The third kappa shape index (κ3) is 2.35. The van der Waals surface area contributed by atoms with Gasteiger partial charge in [0.2, 0.25) is 0 Å². The Balaban J connectivity index is 2.66. The molecule has 0 spiro atoms. The van der Waals surface area contributed by atoms with Crippen molar-refractivity contribution in [3.8, 4) is 0 Å². The average Bonchev–Trinajstić information content (AvgIpc) is 2.37. The minimum Gasteiger partial charge on any atom is -0.398 e. The Hall–Kier alpha value is -1.84. The maximum atomic E-state index is 14.3. The molecule has 0 aliphatic rings. The van der Waals surface area contributed by atoms with E-state index in [0.717, 1.165) is 5.39 Å². The van der Waals surface area contributed by atoms with E-state index in [1.807, 2.05) is 24.1 Å². The zero-order chi connectivity index (χ0) is 14.2. The van der Waals surface area contributed by atoms with E-state index in [-0.39, 0.29) is 11.9 Å². The summed E-state index contributed by atoms with van der Waals surface area (Å²) in [6, 6.07) is 5.27. The fourth-order valence-electron chi connectivity index (χ4n) is 2.21. The number of hydrogen-bond donors (Lipinski definition) is 1. The zero-order valence-electron chi connectivity index (χ0n) is 11.8. The fourth-order valence-corrected chi connectivity index (χ4v) is 2.21. The second-order valence-corrected chi connectivity index (χ2v) is 5.29. The van der Waals surface area contributed by atoms with Crippen molar-refractivity contribution in [3.63, 3.8) is 0 Å². The maximum absolute atomic E-state index is 14.3. The summed E-state index contributed by atoms with van der Waals surface area (Å²) in [4.78, 5) is 6.24. The van der Waals surface area contributed by atoms with Gasteiger partial charge in [-0.3, -0.25) is 4.98 Å². The highest BCUT2D eigenvalue weighted by molar-refractivity contribution is 5.98. The molecule has 0 bridgehead atoms. The minimum absolute atomic E-state index is 0.211. The highest BCUT2D eigenvalue weighted by Crippen LogP contribution is 2.33. The Labute approximate surface area is 113 Å². The normalized spacial score (nSPS) is 12.9. The number of fused-ring (bicyclic) bond motifs is 1. The number of nitrogen functional groups attached to an aromatic ring is 1. The van der Waals surface area contributed by atoms with E-state index in [9.17, 15) is 4.39 Å². The van der Waals surface area contributed by atoms with E-state index in [4.69, 9.17) is 5.73 Å². The van der Waals surface area contributed by atoms with Gasteiger partial charge in [0, 0.05) is 30.4 Å². The molecule has 0 saturated carbocycles. The molecular weight excluding hydrogens is 241 g/mol. The van der Waals surface area contributed by atoms with Gasteiger partial charge in [-0.1, -0.05) is 13.8 Å². The SMILES string of the molecule is CC(C)C(C)N(C)c1c(F)cc(N)c2cccnc12. The van der Waals surface area contributed by atoms with Gasteiger partial charge in [0.05, 0.1) is 11.2 Å². The fraction of sp³-hybridized carbons (Fsp3) is 0.400. The molecular formula is C15H20FN3. The van der Waals surface area contributed by atoms with Gasteiger partial charge < -0.3 is 10.6 Å². The summed E-state index contributed by atoms with van der Waals surface area (Å²) in [5.41, 5.74) is 7.43. The Morgan fingerprint density at radius 3 is 2.63 bits per heavy atom. The Bertz CT molecular complexity index is 595. The molecule has 0 aliphatic carbocycles. The van der Waals surface area contributed by atoms with Crippen molar-refractivity contribution in [1.29, 1.82) is 0 Å². The van der Waals surface area contributed by atoms with Gasteiger partial charge in [-0.25, -0.2) is 4.39 Å². The van der Waals surface area contributed by atoms with Crippen molar-refractivity contribution < 1.29 is 4.39 Å². The number of nitrogens with two attached hydrogens (primary N) is 1. The molecule has 1 atom stereocenters. The molecule has 19 heavy (non-hydrogen) atoms. The van der Waals surface area contributed by atoms with Gasteiger partial charge in [0.15, 0.2) is 5.82 Å².